The molecule has 0 spiro atoms. The summed E-state index contributed by atoms with van der Waals surface area (Å²) >= 11 is 5.76. The molecule has 0 saturated carbocycles. The van der Waals surface area contributed by atoms with Crippen molar-refractivity contribution in [1.29, 1.82) is 0 Å². The SMILES string of the molecule is COCCNC(=O)N1CCC(C(=O)Nc2ccc(Cl)cn2)CC1. The molecule has 0 atom stereocenters. The highest BCUT2D eigenvalue weighted by Crippen LogP contribution is 2.19. The minimum atomic E-state index is -0.115. The number of amides is 3. The van der Waals surface area contributed by atoms with Crippen LogP contribution in [0.15, 0.2) is 18.3 Å². The van der Waals surface area contributed by atoms with E-state index < -0.39 is 0 Å². The van der Waals surface area contributed by atoms with Crippen LogP contribution in [-0.2, 0) is 9.53 Å². The maximum Gasteiger partial charge on any atom is 0.317 e. The molecule has 1 aromatic rings. The average molecular weight is 341 g/mol. The summed E-state index contributed by atoms with van der Waals surface area (Å²) in [5, 5.41) is 6.09. The molecular formula is C15H21ClN4O3. The van der Waals surface area contributed by atoms with E-state index in [9.17, 15) is 9.59 Å². The van der Waals surface area contributed by atoms with Gasteiger partial charge >= 0.3 is 6.03 Å². The topological polar surface area (TPSA) is 83.6 Å². The summed E-state index contributed by atoms with van der Waals surface area (Å²) in [6, 6.07) is 3.23. The predicted octanol–water partition coefficient (Wildman–Crippen LogP) is 1.74. The number of carbonyl (C=O) groups is 2. The van der Waals surface area contributed by atoms with Crippen molar-refractivity contribution < 1.29 is 14.3 Å². The summed E-state index contributed by atoms with van der Waals surface area (Å²) in [4.78, 5) is 29.9. The highest BCUT2D eigenvalue weighted by Gasteiger charge is 2.27. The van der Waals surface area contributed by atoms with Gasteiger partial charge in [-0.05, 0) is 25.0 Å². The van der Waals surface area contributed by atoms with Gasteiger partial charge in [0, 0.05) is 38.9 Å². The van der Waals surface area contributed by atoms with Gasteiger partial charge in [-0.2, -0.15) is 0 Å². The summed E-state index contributed by atoms with van der Waals surface area (Å²) in [6.07, 6.45) is 2.76. The molecule has 1 aromatic heterocycles. The molecule has 2 rings (SSSR count). The van der Waals surface area contributed by atoms with Crippen LogP contribution in [0, 0.1) is 5.92 Å². The molecule has 126 valence electrons. The van der Waals surface area contributed by atoms with Crippen molar-refractivity contribution in [3.8, 4) is 0 Å². The van der Waals surface area contributed by atoms with Crippen molar-refractivity contribution in [3.63, 3.8) is 0 Å². The van der Waals surface area contributed by atoms with Gasteiger partial charge in [-0.25, -0.2) is 9.78 Å². The van der Waals surface area contributed by atoms with Gasteiger partial charge < -0.3 is 20.3 Å². The first-order valence-electron chi connectivity index (χ1n) is 7.54. The molecule has 1 aliphatic heterocycles. The number of nitrogens with zero attached hydrogens (tertiary/aromatic N) is 2. The number of hydrogen-bond acceptors (Lipinski definition) is 4. The van der Waals surface area contributed by atoms with Crippen molar-refractivity contribution >= 4 is 29.4 Å². The summed E-state index contributed by atoms with van der Waals surface area (Å²) in [7, 11) is 1.59. The van der Waals surface area contributed by atoms with Gasteiger partial charge in [0.25, 0.3) is 0 Å². The van der Waals surface area contributed by atoms with E-state index in [4.69, 9.17) is 16.3 Å². The highest BCUT2D eigenvalue weighted by atomic mass is 35.5. The quantitative estimate of drug-likeness (QED) is 0.800. The van der Waals surface area contributed by atoms with Crippen LogP contribution in [0.4, 0.5) is 10.6 Å². The monoisotopic (exact) mass is 340 g/mol. The van der Waals surface area contributed by atoms with E-state index in [0.717, 1.165) is 0 Å². The fourth-order valence-corrected chi connectivity index (χ4v) is 2.51. The number of pyridine rings is 1. The van der Waals surface area contributed by atoms with Crippen LogP contribution >= 0.6 is 11.6 Å². The minimum absolute atomic E-state index is 0.0701. The first kappa shape index (κ1) is 17.5. The molecule has 2 N–H and O–H groups in total. The number of anilines is 1. The zero-order valence-corrected chi connectivity index (χ0v) is 13.8. The number of urea groups is 1. The number of hydrogen-bond donors (Lipinski definition) is 2. The third-order valence-corrected chi connectivity index (χ3v) is 3.94. The lowest BCUT2D eigenvalue weighted by Crippen LogP contribution is -2.46. The molecule has 8 heteroatoms. The molecule has 2 heterocycles. The van der Waals surface area contributed by atoms with Gasteiger partial charge in [0.1, 0.15) is 5.82 Å². The second-order valence-electron chi connectivity index (χ2n) is 5.34. The lowest BCUT2D eigenvalue weighted by molar-refractivity contribution is -0.121. The number of ether oxygens (including phenoxy) is 1. The van der Waals surface area contributed by atoms with E-state index in [1.807, 2.05) is 0 Å². The molecule has 1 fully saturated rings. The predicted molar refractivity (Wildman–Crippen MR) is 87.4 cm³/mol. The Hall–Kier alpha value is -1.86. The normalized spacial score (nSPS) is 15.3. The Balaban J connectivity index is 1.76. The maximum absolute atomic E-state index is 12.2. The average Bonchev–Trinajstić information content (AvgIpc) is 2.57. The van der Waals surface area contributed by atoms with Crippen molar-refractivity contribution in [3.05, 3.63) is 23.4 Å². The van der Waals surface area contributed by atoms with E-state index in [-0.39, 0.29) is 17.9 Å². The maximum atomic E-state index is 12.2. The molecule has 1 saturated heterocycles. The van der Waals surface area contributed by atoms with E-state index in [0.29, 0.717) is 49.9 Å². The van der Waals surface area contributed by atoms with Gasteiger partial charge in [-0.1, -0.05) is 11.6 Å². The fourth-order valence-electron chi connectivity index (χ4n) is 2.39. The second kappa shape index (κ2) is 8.69. The van der Waals surface area contributed by atoms with Crippen molar-refractivity contribution in [1.82, 2.24) is 15.2 Å². The summed E-state index contributed by atoms with van der Waals surface area (Å²) in [5.74, 6) is 0.300. The summed E-state index contributed by atoms with van der Waals surface area (Å²) in [5.41, 5.74) is 0. The molecule has 0 unspecified atom stereocenters. The molecule has 0 bridgehead atoms. The molecular weight excluding hydrogens is 320 g/mol. The first-order valence-corrected chi connectivity index (χ1v) is 7.92. The van der Waals surface area contributed by atoms with Crippen LogP contribution in [0.5, 0.6) is 0 Å². The first-order chi connectivity index (χ1) is 11.1. The Morgan fingerprint density at radius 2 is 2.13 bits per heavy atom. The molecule has 0 radical (unpaired) electrons. The number of methoxy groups -OCH3 is 1. The summed E-state index contributed by atoms with van der Waals surface area (Å²) < 4.78 is 4.89. The van der Waals surface area contributed by atoms with Crippen molar-refractivity contribution in [2.45, 2.75) is 12.8 Å². The minimum Gasteiger partial charge on any atom is -0.383 e. The third kappa shape index (κ3) is 5.37. The van der Waals surface area contributed by atoms with Crippen LogP contribution in [-0.4, -0.2) is 55.2 Å². The molecule has 3 amide bonds. The Morgan fingerprint density at radius 3 is 2.74 bits per heavy atom. The highest BCUT2D eigenvalue weighted by molar-refractivity contribution is 6.30. The Morgan fingerprint density at radius 1 is 1.39 bits per heavy atom. The number of rotatable bonds is 5. The standard InChI is InChI=1S/C15H21ClN4O3/c1-23-9-6-17-15(22)20-7-4-11(5-8-20)14(21)19-13-3-2-12(16)10-18-13/h2-3,10-11H,4-9H2,1H3,(H,17,22)(H,18,19,21). The van der Waals surface area contributed by atoms with E-state index in [2.05, 4.69) is 15.6 Å². The van der Waals surface area contributed by atoms with E-state index in [1.54, 1.807) is 24.1 Å². The number of carbonyl (C=O) groups excluding carboxylic acids is 2. The zero-order chi connectivity index (χ0) is 16.7. The van der Waals surface area contributed by atoms with Crippen LogP contribution in [0.25, 0.3) is 0 Å². The number of halogens is 1. The van der Waals surface area contributed by atoms with Crippen LogP contribution in [0.3, 0.4) is 0 Å². The fraction of sp³-hybridized carbons (Fsp3) is 0.533. The van der Waals surface area contributed by atoms with Gasteiger partial charge in [-0.3, -0.25) is 4.79 Å². The van der Waals surface area contributed by atoms with Crippen LogP contribution < -0.4 is 10.6 Å². The number of aromatic nitrogens is 1. The van der Waals surface area contributed by atoms with Gasteiger partial charge in [-0.15, -0.1) is 0 Å². The molecule has 0 aliphatic carbocycles. The van der Waals surface area contributed by atoms with Gasteiger partial charge in [0.05, 0.1) is 11.6 Å². The second-order valence-corrected chi connectivity index (χ2v) is 5.77. The van der Waals surface area contributed by atoms with Crippen LogP contribution in [0.2, 0.25) is 5.02 Å². The van der Waals surface area contributed by atoms with E-state index >= 15 is 0 Å². The molecule has 7 nitrogen and oxygen atoms in total. The smallest absolute Gasteiger partial charge is 0.317 e. The zero-order valence-electron chi connectivity index (χ0n) is 13.0. The van der Waals surface area contributed by atoms with Crippen LogP contribution in [0.1, 0.15) is 12.8 Å². The van der Waals surface area contributed by atoms with Crippen molar-refractivity contribution in [2.24, 2.45) is 5.92 Å². The number of likely N-dealkylation sites (tertiary alicyclic amines) is 1. The van der Waals surface area contributed by atoms with Crippen molar-refractivity contribution in [2.75, 3.05) is 38.7 Å². The van der Waals surface area contributed by atoms with Gasteiger partial charge in [0.2, 0.25) is 5.91 Å². The number of piperidine rings is 1. The molecule has 0 aromatic carbocycles. The largest absolute Gasteiger partial charge is 0.383 e. The number of nitrogens with one attached hydrogen (secondary N) is 2. The Labute approximate surface area is 140 Å². The third-order valence-electron chi connectivity index (χ3n) is 3.71. The van der Waals surface area contributed by atoms with Gasteiger partial charge in [0.15, 0.2) is 0 Å². The Bertz CT molecular complexity index is 530. The van der Waals surface area contributed by atoms with E-state index in [1.165, 1.54) is 6.20 Å². The molecule has 1 aliphatic rings. The summed E-state index contributed by atoms with van der Waals surface area (Å²) in [6.45, 7) is 2.09. The Kier molecular flexibility index (Phi) is 6.61. The lowest BCUT2D eigenvalue weighted by atomic mass is 9.96. The lowest BCUT2D eigenvalue weighted by Gasteiger charge is -2.31. The molecule has 23 heavy (non-hydrogen) atoms.